The minimum absolute atomic E-state index is 0.799. The van der Waals surface area contributed by atoms with Gasteiger partial charge in [0, 0.05) is 30.9 Å². The second-order valence-corrected chi connectivity index (χ2v) is 6.00. The second-order valence-electron chi connectivity index (χ2n) is 5.13. The Morgan fingerprint density at radius 1 is 1.56 bits per heavy atom. The van der Waals surface area contributed by atoms with Gasteiger partial charge >= 0.3 is 0 Å². The molecular formula is C13H20N4S. The van der Waals surface area contributed by atoms with E-state index < -0.39 is 0 Å². The van der Waals surface area contributed by atoms with Crippen molar-refractivity contribution in [2.75, 3.05) is 26.7 Å². The zero-order valence-electron chi connectivity index (χ0n) is 10.8. The fourth-order valence-electron chi connectivity index (χ4n) is 2.83. The molecule has 4 nitrogen and oxygen atoms in total. The number of piperidine rings is 1. The first-order valence-electron chi connectivity index (χ1n) is 6.63. The topological polar surface area (TPSA) is 32.6 Å². The predicted octanol–water partition coefficient (Wildman–Crippen LogP) is 1.83. The van der Waals surface area contributed by atoms with E-state index in [0.717, 1.165) is 24.0 Å². The molecule has 0 radical (unpaired) electrons. The minimum Gasteiger partial charge on any atom is -0.319 e. The van der Waals surface area contributed by atoms with E-state index in [4.69, 9.17) is 0 Å². The molecule has 1 aliphatic rings. The first-order valence-corrected chi connectivity index (χ1v) is 7.51. The Morgan fingerprint density at radius 2 is 2.50 bits per heavy atom. The van der Waals surface area contributed by atoms with E-state index in [1.807, 2.05) is 7.05 Å². The summed E-state index contributed by atoms with van der Waals surface area (Å²) in [4.78, 5) is 8.31. The van der Waals surface area contributed by atoms with Gasteiger partial charge in [-0.05, 0) is 38.9 Å². The SMILES string of the molecule is CNCC1CCCN(Cc2cn3ccsc3n2)C1. The van der Waals surface area contributed by atoms with Crippen molar-refractivity contribution in [2.45, 2.75) is 19.4 Å². The Kier molecular flexibility index (Phi) is 3.63. The lowest BCUT2D eigenvalue weighted by atomic mass is 9.98. The van der Waals surface area contributed by atoms with Gasteiger partial charge in [0.05, 0.1) is 5.69 Å². The van der Waals surface area contributed by atoms with Crippen LogP contribution in [0.3, 0.4) is 0 Å². The van der Waals surface area contributed by atoms with Gasteiger partial charge in [0.2, 0.25) is 0 Å². The van der Waals surface area contributed by atoms with Crippen LogP contribution in [0.15, 0.2) is 17.8 Å². The Balaban J connectivity index is 1.63. The number of rotatable bonds is 4. The molecule has 0 aromatic carbocycles. The quantitative estimate of drug-likeness (QED) is 0.914. The molecule has 2 aromatic heterocycles. The molecule has 2 aromatic rings. The maximum atomic E-state index is 4.66. The van der Waals surface area contributed by atoms with E-state index in [0.29, 0.717) is 0 Å². The lowest BCUT2D eigenvalue weighted by molar-refractivity contribution is 0.165. The standard InChI is InChI=1S/C13H20N4S/c1-14-7-11-3-2-4-16(8-11)9-12-10-17-5-6-18-13(17)15-12/h5-6,10-11,14H,2-4,7-9H2,1H3. The van der Waals surface area contributed by atoms with Crippen molar-refractivity contribution >= 4 is 16.3 Å². The molecule has 1 atom stereocenters. The first kappa shape index (κ1) is 12.1. The molecule has 0 aliphatic carbocycles. The van der Waals surface area contributed by atoms with Crippen LogP contribution >= 0.6 is 11.3 Å². The van der Waals surface area contributed by atoms with Crippen molar-refractivity contribution in [1.82, 2.24) is 19.6 Å². The molecule has 18 heavy (non-hydrogen) atoms. The van der Waals surface area contributed by atoms with Crippen molar-refractivity contribution in [3.05, 3.63) is 23.5 Å². The number of hydrogen-bond donors (Lipinski definition) is 1. The van der Waals surface area contributed by atoms with Crippen LogP contribution in [0.1, 0.15) is 18.5 Å². The van der Waals surface area contributed by atoms with E-state index in [1.165, 1.54) is 31.6 Å². The summed E-state index contributed by atoms with van der Waals surface area (Å²) in [6.45, 7) is 4.54. The molecular weight excluding hydrogens is 244 g/mol. The number of aromatic nitrogens is 2. The van der Waals surface area contributed by atoms with Crippen LogP contribution in [0.5, 0.6) is 0 Å². The average molecular weight is 264 g/mol. The lowest BCUT2D eigenvalue weighted by Crippen LogP contribution is -2.38. The molecule has 0 amide bonds. The third kappa shape index (κ3) is 2.58. The highest BCUT2D eigenvalue weighted by Gasteiger charge is 2.20. The van der Waals surface area contributed by atoms with Crippen LogP contribution in [0.2, 0.25) is 0 Å². The summed E-state index contributed by atoms with van der Waals surface area (Å²) in [6.07, 6.45) is 6.91. The van der Waals surface area contributed by atoms with Crippen LogP contribution in [0.25, 0.3) is 4.96 Å². The maximum Gasteiger partial charge on any atom is 0.193 e. The third-order valence-corrected chi connectivity index (χ3v) is 4.40. The molecule has 1 N–H and O–H groups in total. The summed E-state index contributed by atoms with van der Waals surface area (Å²) < 4.78 is 2.12. The molecule has 1 saturated heterocycles. The Bertz CT molecular complexity index is 473. The van der Waals surface area contributed by atoms with Gasteiger partial charge in [0.1, 0.15) is 0 Å². The number of hydrogen-bond acceptors (Lipinski definition) is 4. The van der Waals surface area contributed by atoms with E-state index in [2.05, 4.69) is 37.4 Å². The van der Waals surface area contributed by atoms with Crippen LogP contribution in [-0.4, -0.2) is 41.0 Å². The van der Waals surface area contributed by atoms with Gasteiger partial charge in [-0.25, -0.2) is 4.98 Å². The van der Waals surface area contributed by atoms with Crippen LogP contribution < -0.4 is 5.32 Å². The number of likely N-dealkylation sites (tertiary alicyclic amines) is 1. The van der Waals surface area contributed by atoms with Crippen molar-refractivity contribution in [1.29, 1.82) is 0 Å². The van der Waals surface area contributed by atoms with Gasteiger partial charge in [-0.3, -0.25) is 9.30 Å². The van der Waals surface area contributed by atoms with Gasteiger partial charge in [-0.1, -0.05) is 0 Å². The average Bonchev–Trinajstić information content (AvgIpc) is 2.90. The third-order valence-electron chi connectivity index (χ3n) is 3.62. The molecule has 3 heterocycles. The summed E-state index contributed by atoms with van der Waals surface area (Å²) in [5.74, 6) is 0.799. The number of imidazole rings is 1. The van der Waals surface area contributed by atoms with Gasteiger partial charge < -0.3 is 5.32 Å². The monoisotopic (exact) mass is 264 g/mol. The molecule has 0 spiro atoms. The maximum absolute atomic E-state index is 4.66. The van der Waals surface area contributed by atoms with Crippen LogP contribution in [-0.2, 0) is 6.54 Å². The van der Waals surface area contributed by atoms with E-state index in [-0.39, 0.29) is 0 Å². The van der Waals surface area contributed by atoms with Gasteiger partial charge in [0.25, 0.3) is 0 Å². The molecule has 0 bridgehead atoms. The molecule has 1 unspecified atom stereocenters. The Morgan fingerprint density at radius 3 is 3.33 bits per heavy atom. The van der Waals surface area contributed by atoms with Crippen molar-refractivity contribution in [2.24, 2.45) is 5.92 Å². The number of fused-ring (bicyclic) bond motifs is 1. The van der Waals surface area contributed by atoms with Gasteiger partial charge in [-0.2, -0.15) is 0 Å². The molecule has 5 heteroatoms. The summed E-state index contributed by atoms with van der Waals surface area (Å²) >= 11 is 1.70. The van der Waals surface area contributed by atoms with Crippen molar-refractivity contribution < 1.29 is 0 Å². The zero-order chi connectivity index (χ0) is 12.4. The Hall–Kier alpha value is -0.910. The van der Waals surface area contributed by atoms with E-state index in [1.54, 1.807) is 11.3 Å². The molecule has 3 rings (SSSR count). The predicted molar refractivity (Wildman–Crippen MR) is 75.0 cm³/mol. The van der Waals surface area contributed by atoms with Gasteiger partial charge in [0.15, 0.2) is 4.96 Å². The summed E-state index contributed by atoms with van der Waals surface area (Å²) in [6, 6.07) is 0. The highest BCUT2D eigenvalue weighted by molar-refractivity contribution is 7.15. The first-order chi connectivity index (χ1) is 8.85. The number of nitrogens with zero attached hydrogens (tertiary/aromatic N) is 3. The molecule has 0 saturated carbocycles. The normalized spacial score (nSPS) is 21.7. The second kappa shape index (κ2) is 5.38. The van der Waals surface area contributed by atoms with Crippen LogP contribution in [0.4, 0.5) is 0 Å². The molecule has 1 aliphatic heterocycles. The molecule has 1 fully saturated rings. The Labute approximate surface area is 112 Å². The highest BCUT2D eigenvalue weighted by atomic mass is 32.1. The molecule has 98 valence electrons. The van der Waals surface area contributed by atoms with Crippen molar-refractivity contribution in [3.8, 4) is 0 Å². The number of nitrogens with one attached hydrogen (secondary N) is 1. The summed E-state index contributed by atoms with van der Waals surface area (Å²) in [7, 11) is 2.04. The minimum atomic E-state index is 0.799. The lowest BCUT2D eigenvalue weighted by Gasteiger charge is -2.32. The largest absolute Gasteiger partial charge is 0.319 e. The summed E-state index contributed by atoms with van der Waals surface area (Å²) in [5.41, 5.74) is 1.20. The highest BCUT2D eigenvalue weighted by Crippen LogP contribution is 2.19. The summed E-state index contributed by atoms with van der Waals surface area (Å²) in [5, 5.41) is 5.37. The van der Waals surface area contributed by atoms with E-state index >= 15 is 0 Å². The fraction of sp³-hybridized carbons (Fsp3) is 0.615. The fourth-order valence-corrected chi connectivity index (χ4v) is 3.55. The van der Waals surface area contributed by atoms with Crippen LogP contribution in [0, 0.1) is 5.92 Å². The van der Waals surface area contributed by atoms with E-state index in [9.17, 15) is 0 Å². The van der Waals surface area contributed by atoms with Crippen molar-refractivity contribution in [3.63, 3.8) is 0 Å². The zero-order valence-corrected chi connectivity index (χ0v) is 11.6. The smallest absolute Gasteiger partial charge is 0.193 e. The van der Waals surface area contributed by atoms with Gasteiger partial charge in [-0.15, -0.1) is 11.3 Å². The number of thiazole rings is 1.